The minimum absolute atomic E-state index is 0.00461. The van der Waals surface area contributed by atoms with Gasteiger partial charge in [-0.15, -0.1) is 11.8 Å². The first-order chi connectivity index (χ1) is 9.86. The maximum atomic E-state index is 12.1. The molecule has 0 atom stereocenters. The number of amides is 1. The fourth-order valence-electron chi connectivity index (χ4n) is 1.98. The third-order valence-electron chi connectivity index (χ3n) is 3.18. The number of piperazine rings is 1. The highest BCUT2D eigenvalue weighted by Gasteiger charge is 2.25. The third kappa shape index (κ3) is 4.58. The maximum Gasteiger partial charge on any atom is 0.233 e. The van der Waals surface area contributed by atoms with Crippen LogP contribution in [0.3, 0.4) is 0 Å². The highest BCUT2D eigenvalue weighted by molar-refractivity contribution is 8.00. The molecule has 1 amide bonds. The van der Waals surface area contributed by atoms with E-state index in [4.69, 9.17) is 5.73 Å². The number of carbonyl (C=O) groups is 1. The molecule has 7 nitrogen and oxygen atoms in total. The molecule has 0 saturated carbocycles. The molecule has 0 radical (unpaired) electrons. The van der Waals surface area contributed by atoms with Crippen molar-refractivity contribution in [1.29, 1.82) is 0 Å². The molecule has 0 aliphatic carbocycles. The van der Waals surface area contributed by atoms with Gasteiger partial charge in [-0.05, 0) is 12.1 Å². The van der Waals surface area contributed by atoms with E-state index < -0.39 is 10.0 Å². The molecule has 0 bridgehead atoms. The van der Waals surface area contributed by atoms with Crippen LogP contribution in [-0.4, -0.2) is 66.7 Å². The molecule has 2 N–H and O–H groups in total. The SMILES string of the molecule is CS(=O)(=O)N1CCN(C(=O)CSc2ccc(N)nc2)CC1. The summed E-state index contributed by atoms with van der Waals surface area (Å²) in [6.07, 6.45) is 2.82. The standard InChI is InChI=1S/C12H18N4O3S2/c1-21(18,19)16-6-4-15(5-7-16)12(17)9-20-10-2-3-11(13)14-8-10/h2-3,8H,4-7,9H2,1H3,(H2,13,14). The molecule has 1 aromatic rings. The monoisotopic (exact) mass is 330 g/mol. The smallest absolute Gasteiger partial charge is 0.233 e. The number of hydrogen-bond acceptors (Lipinski definition) is 6. The first kappa shape index (κ1) is 16.1. The first-order valence-corrected chi connectivity index (χ1v) is 9.27. The lowest BCUT2D eigenvalue weighted by molar-refractivity contribution is -0.129. The zero-order valence-corrected chi connectivity index (χ0v) is 13.4. The van der Waals surface area contributed by atoms with Gasteiger partial charge in [0.2, 0.25) is 15.9 Å². The molecule has 21 heavy (non-hydrogen) atoms. The lowest BCUT2D eigenvalue weighted by Crippen LogP contribution is -2.50. The van der Waals surface area contributed by atoms with Crippen LogP contribution in [0.25, 0.3) is 0 Å². The lowest BCUT2D eigenvalue weighted by Gasteiger charge is -2.33. The van der Waals surface area contributed by atoms with Gasteiger partial charge < -0.3 is 10.6 Å². The van der Waals surface area contributed by atoms with E-state index in [1.807, 2.05) is 6.07 Å². The number of pyridine rings is 1. The highest BCUT2D eigenvalue weighted by atomic mass is 32.2. The largest absolute Gasteiger partial charge is 0.384 e. The Morgan fingerprint density at radius 1 is 1.33 bits per heavy atom. The minimum atomic E-state index is -3.16. The van der Waals surface area contributed by atoms with E-state index in [0.29, 0.717) is 37.7 Å². The predicted molar refractivity (Wildman–Crippen MR) is 82.4 cm³/mol. The summed E-state index contributed by atoms with van der Waals surface area (Å²) >= 11 is 1.40. The van der Waals surface area contributed by atoms with Gasteiger partial charge in [-0.1, -0.05) is 0 Å². The molecule has 2 rings (SSSR count). The maximum absolute atomic E-state index is 12.1. The zero-order chi connectivity index (χ0) is 15.5. The van der Waals surface area contributed by atoms with Crippen molar-refractivity contribution in [3.05, 3.63) is 18.3 Å². The summed E-state index contributed by atoms with van der Waals surface area (Å²) in [6, 6.07) is 3.51. The second-order valence-electron chi connectivity index (χ2n) is 4.75. The molecule has 1 aliphatic heterocycles. The molecule has 1 aliphatic rings. The van der Waals surface area contributed by atoms with Crippen molar-refractivity contribution in [3.8, 4) is 0 Å². The van der Waals surface area contributed by atoms with Gasteiger partial charge in [0.05, 0.1) is 12.0 Å². The fourth-order valence-corrected chi connectivity index (χ4v) is 3.57. The number of rotatable bonds is 4. The van der Waals surface area contributed by atoms with E-state index >= 15 is 0 Å². The summed E-state index contributed by atoms with van der Waals surface area (Å²) < 4.78 is 24.2. The molecule has 9 heteroatoms. The van der Waals surface area contributed by atoms with Gasteiger partial charge >= 0.3 is 0 Å². The van der Waals surface area contributed by atoms with Gasteiger partial charge in [0, 0.05) is 37.3 Å². The van der Waals surface area contributed by atoms with Crippen molar-refractivity contribution < 1.29 is 13.2 Å². The normalized spacial score (nSPS) is 16.9. The van der Waals surface area contributed by atoms with Crippen LogP contribution in [0.5, 0.6) is 0 Å². The van der Waals surface area contributed by atoms with Gasteiger partial charge in [0.25, 0.3) is 0 Å². The molecule has 2 heterocycles. The molecular formula is C12H18N4O3S2. The van der Waals surface area contributed by atoms with E-state index in [1.54, 1.807) is 17.2 Å². The van der Waals surface area contributed by atoms with E-state index in [1.165, 1.54) is 22.3 Å². The summed E-state index contributed by atoms with van der Waals surface area (Å²) in [5.41, 5.74) is 5.50. The van der Waals surface area contributed by atoms with E-state index in [2.05, 4.69) is 4.98 Å². The van der Waals surface area contributed by atoms with Gasteiger partial charge in [-0.2, -0.15) is 4.31 Å². The quantitative estimate of drug-likeness (QED) is 0.772. The van der Waals surface area contributed by atoms with Crippen molar-refractivity contribution in [3.63, 3.8) is 0 Å². The predicted octanol–water partition coefficient (Wildman–Crippen LogP) is -0.140. The molecule has 1 saturated heterocycles. The second-order valence-corrected chi connectivity index (χ2v) is 7.78. The number of thioether (sulfide) groups is 1. The van der Waals surface area contributed by atoms with Crippen LogP contribution < -0.4 is 5.73 Å². The summed E-state index contributed by atoms with van der Waals surface area (Å²) in [5.74, 6) is 0.761. The Morgan fingerprint density at radius 3 is 2.52 bits per heavy atom. The van der Waals surface area contributed by atoms with E-state index in [-0.39, 0.29) is 5.91 Å². The lowest BCUT2D eigenvalue weighted by atomic mass is 10.3. The molecule has 0 unspecified atom stereocenters. The van der Waals surface area contributed by atoms with Crippen molar-refractivity contribution in [2.24, 2.45) is 0 Å². The number of sulfonamides is 1. The fraction of sp³-hybridized carbons (Fsp3) is 0.500. The summed E-state index contributed by atoms with van der Waals surface area (Å²) in [4.78, 5) is 18.6. The highest BCUT2D eigenvalue weighted by Crippen LogP contribution is 2.18. The van der Waals surface area contributed by atoms with Crippen molar-refractivity contribution in [2.45, 2.75) is 4.90 Å². The van der Waals surface area contributed by atoms with Gasteiger partial charge in [0.1, 0.15) is 5.82 Å². The van der Waals surface area contributed by atoms with Crippen LogP contribution in [0.4, 0.5) is 5.82 Å². The second kappa shape index (κ2) is 6.63. The zero-order valence-electron chi connectivity index (χ0n) is 11.7. The molecular weight excluding hydrogens is 312 g/mol. The Balaban J connectivity index is 1.81. The van der Waals surface area contributed by atoms with E-state index in [0.717, 1.165) is 4.90 Å². The number of nitrogens with zero attached hydrogens (tertiary/aromatic N) is 3. The number of anilines is 1. The van der Waals surface area contributed by atoms with Gasteiger partial charge in [-0.3, -0.25) is 4.79 Å². The summed E-state index contributed by atoms with van der Waals surface area (Å²) in [7, 11) is -3.16. The number of aromatic nitrogens is 1. The third-order valence-corrected chi connectivity index (χ3v) is 5.45. The molecule has 0 aromatic carbocycles. The van der Waals surface area contributed by atoms with Gasteiger partial charge in [0.15, 0.2) is 0 Å². The minimum Gasteiger partial charge on any atom is -0.384 e. The Morgan fingerprint density at radius 2 is 2.00 bits per heavy atom. The summed E-state index contributed by atoms with van der Waals surface area (Å²) in [5, 5.41) is 0. The molecule has 1 aromatic heterocycles. The number of hydrogen-bond donors (Lipinski definition) is 1. The van der Waals surface area contributed by atoms with E-state index in [9.17, 15) is 13.2 Å². The van der Waals surface area contributed by atoms with Crippen LogP contribution in [0, 0.1) is 0 Å². The van der Waals surface area contributed by atoms with Crippen LogP contribution in [-0.2, 0) is 14.8 Å². The topological polar surface area (TPSA) is 96.6 Å². The van der Waals surface area contributed by atoms with Crippen molar-refractivity contribution >= 4 is 33.5 Å². The summed E-state index contributed by atoms with van der Waals surface area (Å²) in [6.45, 7) is 1.59. The van der Waals surface area contributed by atoms with Crippen molar-refractivity contribution in [1.82, 2.24) is 14.2 Å². The van der Waals surface area contributed by atoms with Crippen LogP contribution >= 0.6 is 11.8 Å². The number of nitrogens with two attached hydrogens (primary N) is 1. The van der Waals surface area contributed by atoms with Gasteiger partial charge in [-0.25, -0.2) is 13.4 Å². The Labute approximate surface area is 128 Å². The van der Waals surface area contributed by atoms with Crippen molar-refractivity contribution in [2.75, 3.05) is 43.9 Å². The Bertz CT molecular complexity index is 595. The number of carbonyl (C=O) groups excluding carboxylic acids is 1. The average molecular weight is 330 g/mol. The molecule has 1 fully saturated rings. The number of nitrogen functional groups attached to an aromatic ring is 1. The first-order valence-electron chi connectivity index (χ1n) is 6.43. The van der Waals surface area contributed by atoms with Crippen LogP contribution in [0.15, 0.2) is 23.2 Å². The Kier molecular flexibility index (Phi) is 5.07. The molecule has 116 valence electrons. The van der Waals surface area contributed by atoms with Crippen LogP contribution in [0.1, 0.15) is 0 Å². The van der Waals surface area contributed by atoms with Crippen LogP contribution in [0.2, 0.25) is 0 Å². The molecule has 0 spiro atoms. The Hall–Kier alpha value is -1.32. The average Bonchev–Trinajstić information content (AvgIpc) is 2.45.